The Morgan fingerprint density at radius 3 is 2.19 bits per heavy atom. The van der Waals surface area contributed by atoms with E-state index in [-0.39, 0.29) is 23.3 Å². The fourth-order valence-electron chi connectivity index (χ4n) is 3.25. The Labute approximate surface area is 189 Å². The number of nitrogens with one attached hydrogen (secondary N) is 1. The minimum atomic E-state index is -3.96. The number of ether oxygens (including phenoxy) is 1. The van der Waals surface area contributed by atoms with Gasteiger partial charge < -0.3 is 10.1 Å². The number of hydrogen-bond donors (Lipinski definition) is 1. The standard InChI is InChI=1S/C25H28N2O4S/c1-19-9-11-22(12-10-19)27(32(29,30)24-15-13-23(31-3)14-16-24)18-25(28)26-17-20(2)21-7-5-4-6-8-21/h4-16,20H,17-18H2,1-3H3,(H,26,28)/t20-/m1/s1. The average Bonchev–Trinajstić information content (AvgIpc) is 2.82. The molecule has 0 fully saturated rings. The van der Waals surface area contributed by atoms with Gasteiger partial charge in [-0.15, -0.1) is 0 Å². The lowest BCUT2D eigenvalue weighted by Crippen LogP contribution is -2.41. The predicted octanol–water partition coefficient (Wildman–Crippen LogP) is 4.12. The largest absolute Gasteiger partial charge is 0.497 e. The zero-order valence-corrected chi connectivity index (χ0v) is 19.3. The first kappa shape index (κ1) is 23.3. The van der Waals surface area contributed by atoms with Gasteiger partial charge in [-0.3, -0.25) is 9.10 Å². The molecule has 0 saturated heterocycles. The van der Waals surface area contributed by atoms with E-state index in [1.54, 1.807) is 24.3 Å². The van der Waals surface area contributed by atoms with Crippen LogP contribution in [-0.2, 0) is 14.8 Å². The molecule has 32 heavy (non-hydrogen) atoms. The van der Waals surface area contributed by atoms with Crippen molar-refractivity contribution in [1.82, 2.24) is 5.32 Å². The number of carbonyl (C=O) groups is 1. The number of amides is 1. The van der Waals surface area contributed by atoms with E-state index in [2.05, 4.69) is 5.32 Å². The van der Waals surface area contributed by atoms with Gasteiger partial charge >= 0.3 is 0 Å². The van der Waals surface area contributed by atoms with E-state index in [1.807, 2.05) is 56.3 Å². The summed E-state index contributed by atoms with van der Waals surface area (Å²) < 4.78 is 33.1. The van der Waals surface area contributed by atoms with Crippen molar-refractivity contribution in [2.75, 3.05) is 24.5 Å². The molecular weight excluding hydrogens is 424 g/mol. The maximum Gasteiger partial charge on any atom is 0.264 e. The number of aryl methyl sites for hydroxylation is 1. The average molecular weight is 453 g/mol. The maximum atomic E-state index is 13.4. The summed E-state index contributed by atoms with van der Waals surface area (Å²) in [5.41, 5.74) is 2.53. The summed E-state index contributed by atoms with van der Waals surface area (Å²) in [5.74, 6) is 0.287. The Bertz CT molecular complexity index is 1130. The Morgan fingerprint density at radius 1 is 0.969 bits per heavy atom. The molecule has 3 aromatic carbocycles. The molecule has 0 radical (unpaired) electrons. The van der Waals surface area contributed by atoms with Crippen molar-refractivity contribution in [1.29, 1.82) is 0 Å². The summed E-state index contributed by atoms with van der Waals surface area (Å²) in [4.78, 5) is 12.9. The van der Waals surface area contributed by atoms with Crippen LogP contribution in [0.15, 0.2) is 83.8 Å². The molecule has 1 atom stereocenters. The number of hydrogen-bond acceptors (Lipinski definition) is 4. The van der Waals surface area contributed by atoms with Crippen molar-refractivity contribution in [2.45, 2.75) is 24.7 Å². The molecule has 0 aliphatic rings. The Hall–Kier alpha value is -3.32. The minimum Gasteiger partial charge on any atom is -0.497 e. The van der Waals surface area contributed by atoms with Crippen LogP contribution in [0.3, 0.4) is 0 Å². The molecule has 0 saturated carbocycles. The molecule has 0 heterocycles. The van der Waals surface area contributed by atoms with Gasteiger partial charge in [0, 0.05) is 6.54 Å². The number of nitrogens with zero attached hydrogens (tertiary/aromatic N) is 1. The quantitative estimate of drug-likeness (QED) is 0.530. The van der Waals surface area contributed by atoms with Gasteiger partial charge in [-0.1, -0.05) is 55.0 Å². The maximum absolute atomic E-state index is 13.4. The lowest BCUT2D eigenvalue weighted by molar-refractivity contribution is -0.119. The van der Waals surface area contributed by atoms with Crippen LogP contribution < -0.4 is 14.4 Å². The van der Waals surface area contributed by atoms with Crippen LogP contribution in [0.4, 0.5) is 5.69 Å². The lowest BCUT2D eigenvalue weighted by Gasteiger charge is -2.25. The normalized spacial score (nSPS) is 12.1. The third kappa shape index (κ3) is 5.68. The topological polar surface area (TPSA) is 75.7 Å². The highest BCUT2D eigenvalue weighted by Crippen LogP contribution is 2.25. The Balaban J connectivity index is 1.81. The van der Waals surface area contributed by atoms with Gasteiger partial charge in [0.2, 0.25) is 5.91 Å². The molecule has 7 heteroatoms. The third-order valence-corrected chi connectivity index (χ3v) is 7.02. The molecule has 0 aliphatic carbocycles. The minimum absolute atomic E-state index is 0.0873. The van der Waals surface area contributed by atoms with E-state index in [0.717, 1.165) is 15.4 Å². The van der Waals surface area contributed by atoms with Crippen LogP contribution in [0.25, 0.3) is 0 Å². The second kappa shape index (κ2) is 10.3. The fourth-order valence-corrected chi connectivity index (χ4v) is 4.67. The summed E-state index contributed by atoms with van der Waals surface area (Å²) >= 11 is 0. The number of benzene rings is 3. The number of rotatable bonds is 9. The van der Waals surface area contributed by atoms with E-state index in [9.17, 15) is 13.2 Å². The van der Waals surface area contributed by atoms with Gasteiger partial charge in [0.1, 0.15) is 12.3 Å². The van der Waals surface area contributed by atoms with Crippen LogP contribution in [0.1, 0.15) is 24.0 Å². The van der Waals surface area contributed by atoms with Crippen molar-refractivity contribution >= 4 is 21.6 Å². The van der Waals surface area contributed by atoms with Crippen LogP contribution in [0, 0.1) is 6.92 Å². The first-order valence-corrected chi connectivity index (χ1v) is 11.8. The summed E-state index contributed by atoms with van der Waals surface area (Å²) in [6, 6.07) is 23.0. The second-order valence-corrected chi connectivity index (χ2v) is 9.50. The van der Waals surface area contributed by atoms with Gasteiger partial charge in [0.15, 0.2) is 0 Å². The molecule has 168 valence electrons. The molecule has 1 N–H and O–H groups in total. The zero-order chi connectivity index (χ0) is 23.1. The van der Waals surface area contributed by atoms with E-state index in [1.165, 1.54) is 19.2 Å². The van der Waals surface area contributed by atoms with Crippen molar-refractivity contribution < 1.29 is 17.9 Å². The van der Waals surface area contributed by atoms with E-state index in [0.29, 0.717) is 18.0 Å². The van der Waals surface area contributed by atoms with Crippen LogP contribution in [0.2, 0.25) is 0 Å². The van der Waals surface area contributed by atoms with Crippen LogP contribution in [-0.4, -0.2) is 34.5 Å². The van der Waals surface area contributed by atoms with Crippen molar-refractivity contribution in [3.05, 3.63) is 90.0 Å². The number of sulfonamides is 1. The third-order valence-electron chi connectivity index (χ3n) is 5.23. The van der Waals surface area contributed by atoms with Crippen molar-refractivity contribution in [2.24, 2.45) is 0 Å². The van der Waals surface area contributed by atoms with E-state index in [4.69, 9.17) is 4.74 Å². The molecule has 6 nitrogen and oxygen atoms in total. The number of carbonyl (C=O) groups excluding carboxylic acids is 1. The van der Waals surface area contributed by atoms with E-state index < -0.39 is 10.0 Å². The summed E-state index contributed by atoms with van der Waals surface area (Å²) in [7, 11) is -2.44. The van der Waals surface area contributed by atoms with Crippen LogP contribution in [0.5, 0.6) is 5.75 Å². The van der Waals surface area contributed by atoms with Gasteiger partial charge in [0.05, 0.1) is 17.7 Å². The highest BCUT2D eigenvalue weighted by molar-refractivity contribution is 7.92. The molecular formula is C25H28N2O4S. The molecule has 0 aromatic heterocycles. The molecule has 0 bridgehead atoms. The van der Waals surface area contributed by atoms with Gasteiger partial charge in [-0.05, 0) is 54.8 Å². The van der Waals surface area contributed by atoms with Gasteiger partial charge in [-0.25, -0.2) is 8.42 Å². The summed E-state index contributed by atoms with van der Waals surface area (Å²) in [6.45, 7) is 4.03. The highest BCUT2D eigenvalue weighted by Gasteiger charge is 2.27. The van der Waals surface area contributed by atoms with Crippen LogP contribution >= 0.6 is 0 Å². The first-order valence-electron chi connectivity index (χ1n) is 10.4. The molecule has 0 unspecified atom stereocenters. The summed E-state index contributed by atoms with van der Waals surface area (Å²) in [5, 5.41) is 2.87. The number of methoxy groups -OCH3 is 1. The smallest absolute Gasteiger partial charge is 0.264 e. The number of anilines is 1. The molecule has 0 aliphatic heterocycles. The molecule has 0 spiro atoms. The van der Waals surface area contributed by atoms with Crippen molar-refractivity contribution in [3.63, 3.8) is 0 Å². The Morgan fingerprint density at radius 2 is 1.59 bits per heavy atom. The molecule has 3 rings (SSSR count). The molecule has 3 aromatic rings. The Kier molecular flexibility index (Phi) is 7.53. The first-order chi connectivity index (χ1) is 15.3. The predicted molar refractivity (Wildman–Crippen MR) is 127 cm³/mol. The monoisotopic (exact) mass is 452 g/mol. The zero-order valence-electron chi connectivity index (χ0n) is 18.5. The lowest BCUT2D eigenvalue weighted by atomic mass is 10.0. The van der Waals surface area contributed by atoms with Gasteiger partial charge in [-0.2, -0.15) is 0 Å². The molecule has 1 amide bonds. The second-order valence-electron chi connectivity index (χ2n) is 7.64. The highest BCUT2D eigenvalue weighted by atomic mass is 32.2. The van der Waals surface area contributed by atoms with Gasteiger partial charge in [0.25, 0.3) is 10.0 Å². The van der Waals surface area contributed by atoms with Crippen molar-refractivity contribution in [3.8, 4) is 5.75 Å². The summed E-state index contributed by atoms with van der Waals surface area (Å²) in [6.07, 6.45) is 0. The fraction of sp³-hybridized carbons (Fsp3) is 0.240. The van der Waals surface area contributed by atoms with E-state index >= 15 is 0 Å². The SMILES string of the molecule is COc1ccc(S(=O)(=O)N(CC(=O)NC[C@@H](C)c2ccccc2)c2ccc(C)cc2)cc1.